The van der Waals surface area contributed by atoms with Crippen molar-refractivity contribution in [2.24, 2.45) is 0 Å². The van der Waals surface area contributed by atoms with Crippen molar-refractivity contribution in [1.29, 1.82) is 0 Å². The van der Waals surface area contributed by atoms with Crippen molar-refractivity contribution in [3.05, 3.63) is 58.7 Å². The first kappa shape index (κ1) is 21.0. The van der Waals surface area contributed by atoms with Crippen LogP contribution in [0.2, 0.25) is 0 Å². The van der Waals surface area contributed by atoms with E-state index in [0.29, 0.717) is 17.8 Å². The highest BCUT2D eigenvalue weighted by molar-refractivity contribution is 7.92. The predicted molar refractivity (Wildman–Crippen MR) is 112 cm³/mol. The molecule has 0 aliphatic rings. The number of sulfonamides is 1. The van der Waals surface area contributed by atoms with E-state index < -0.39 is 16.1 Å². The Kier molecular flexibility index (Phi) is 6.31. The van der Waals surface area contributed by atoms with Gasteiger partial charge in [0.1, 0.15) is 6.04 Å². The Morgan fingerprint density at radius 3 is 1.78 bits per heavy atom. The van der Waals surface area contributed by atoms with Crippen molar-refractivity contribution in [2.75, 3.05) is 15.9 Å². The molecule has 0 spiro atoms. The average Bonchev–Trinajstić information content (AvgIpc) is 2.48. The fraction of sp³-hybridized carbons (Fsp3) is 0.381. The third kappa shape index (κ3) is 5.32. The van der Waals surface area contributed by atoms with E-state index in [2.05, 4.69) is 5.32 Å². The molecule has 0 bridgehead atoms. The van der Waals surface area contributed by atoms with Gasteiger partial charge in [0, 0.05) is 5.69 Å². The molecule has 2 aromatic rings. The van der Waals surface area contributed by atoms with Gasteiger partial charge in [-0.1, -0.05) is 19.1 Å². The minimum Gasteiger partial charge on any atom is -0.324 e. The molecule has 0 aliphatic carbocycles. The van der Waals surface area contributed by atoms with Gasteiger partial charge in [-0.3, -0.25) is 9.10 Å². The van der Waals surface area contributed by atoms with E-state index in [9.17, 15) is 13.2 Å². The molecule has 5 nitrogen and oxygen atoms in total. The summed E-state index contributed by atoms with van der Waals surface area (Å²) in [7, 11) is -3.64. The van der Waals surface area contributed by atoms with Crippen molar-refractivity contribution in [2.45, 2.75) is 47.1 Å². The lowest BCUT2D eigenvalue weighted by molar-refractivity contribution is -0.117. The number of hydrogen-bond acceptors (Lipinski definition) is 3. The quantitative estimate of drug-likeness (QED) is 0.810. The SMILES string of the molecule is CC[C@@H](C(=O)Nc1cc(C)cc(C)c1)N(c1cc(C)cc(C)c1)S(C)(=O)=O. The molecule has 2 rings (SSSR count). The van der Waals surface area contributed by atoms with Crippen LogP contribution in [-0.4, -0.2) is 26.6 Å². The topological polar surface area (TPSA) is 66.5 Å². The lowest BCUT2D eigenvalue weighted by atomic mass is 10.1. The van der Waals surface area contributed by atoms with Crippen molar-refractivity contribution in [3.63, 3.8) is 0 Å². The van der Waals surface area contributed by atoms with Gasteiger partial charge in [0.15, 0.2) is 0 Å². The summed E-state index contributed by atoms with van der Waals surface area (Å²) in [6.45, 7) is 9.55. The summed E-state index contributed by atoms with van der Waals surface area (Å²) in [4.78, 5) is 13.0. The molecule has 27 heavy (non-hydrogen) atoms. The maximum atomic E-state index is 13.0. The van der Waals surface area contributed by atoms with Crippen molar-refractivity contribution < 1.29 is 13.2 Å². The molecule has 0 saturated heterocycles. The Morgan fingerprint density at radius 1 is 0.926 bits per heavy atom. The number of rotatable bonds is 6. The van der Waals surface area contributed by atoms with Gasteiger partial charge in [-0.2, -0.15) is 0 Å². The van der Waals surface area contributed by atoms with Crippen LogP contribution in [0.1, 0.15) is 35.6 Å². The highest BCUT2D eigenvalue weighted by atomic mass is 32.2. The Morgan fingerprint density at radius 2 is 1.37 bits per heavy atom. The minimum absolute atomic E-state index is 0.341. The lowest BCUT2D eigenvalue weighted by Gasteiger charge is -2.30. The summed E-state index contributed by atoms with van der Waals surface area (Å²) in [5.74, 6) is -0.341. The first-order chi connectivity index (χ1) is 12.5. The van der Waals surface area contributed by atoms with Crippen molar-refractivity contribution >= 4 is 27.3 Å². The molecule has 6 heteroatoms. The zero-order valence-electron chi connectivity index (χ0n) is 16.8. The van der Waals surface area contributed by atoms with Gasteiger partial charge in [0.05, 0.1) is 11.9 Å². The van der Waals surface area contributed by atoms with Crippen LogP contribution in [0.4, 0.5) is 11.4 Å². The Balaban J connectivity index is 2.44. The highest BCUT2D eigenvalue weighted by Gasteiger charge is 2.31. The van der Waals surface area contributed by atoms with Gasteiger partial charge in [-0.05, 0) is 80.6 Å². The molecule has 0 fully saturated rings. The second-order valence-electron chi connectivity index (χ2n) is 7.19. The second kappa shape index (κ2) is 8.13. The normalized spacial score (nSPS) is 12.5. The Labute approximate surface area is 162 Å². The smallest absolute Gasteiger partial charge is 0.248 e. The Bertz CT molecular complexity index is 911. The van der Waals surface area contributed by atoms with E-state index in [1.54, 1.807) is 12.1 Å². The van der Waals surface area contributed by atoms with E-state index in [4.69, 9.17) is 0 Å². The number of hydrogen-bond donors (Lipinski definition) is 1. The summed E-state index contributed by atoms with van der Waals surface area (Å²) in [5.41, 5.74) is 5.15. The van der Waals surface area contributed by atoms with Crippen LogP contribution in [0.25, 0.3) is 0 Å². The molecule has 1 atom stereocenters. The molecule has 146 valence electrons. The maximum absolute atomic E-state index is 13.0. The molecule has 1 N–H and O–H groups in total. The summed E-state index contributed by atoms with van der Waals surface area (Å²) in [6, 6.07) is 10.5. The fourth-order valence-corrected chi connectivity index (χ4v) is 4.61. The van der Waals surface area contributed by atoms with E-state index in [-0.39, 0.29) is 5.91 Å². The minimum atomic E-state index is -3.64. The monoisotopic (exact) mass is 388 g/mol. The number of benzene rings is 2. The highest BCUT2D eigenvalue weighted by Crippen LogP contribution is 2.26. The number of carbonyl (C=O) groups excluding carboxylic acids is 1. The van der Waals surface area contributed by atoms with E-state index >= 15 is 0 Å². The average molecular weight is 389 g/mol. The molecular formula is C21H28N2O3S. The van der Waals surface area contributed by atoms with Crippen LogP contribution < -0.4 is 9.62 Å². The molecule has 0 aromatic heterocycles. The standard InChI is InChI=1S/C21H28N2O3S/c1-7-20(21(24)22-18-10-14(2)8-15(3)11-18)23(27(6,25)26)19-12-16(4)9-17(5)13-19/h8-13,20H,7H2,1-6H3,(H,22,24)/t20-/m0/s1. The number of aryl methyl sites for hydroxylation is 4. The fourth-order valence-electron chi connectivity index (χ4n) is 3.41. The predicted octanol–water partition coefficient (Wildman–Crippen LogP) is 4.10. The molecule has 0 heterocycles. The molecule has 0 radical (unpaired) electrons. The molecular weight excluding hydrogens is 360 g/mol. The van der Waals surface area contributed by atoms with Crippen molar-refractivity contribution in [1.82, 2.24) is 0 Å². The van der Waals surface area contributed by atoms with Crippen LogP contribution in [0.5, 0.6) is 0 Å². The molecule has 0 saturated carbocycles. The number of nitrogens with one attached hydrogen (secondary N) is 1. The molecule has 0 unspecified atom stereocenters. The number of anilines is 2. The van der Waals surface area contributed by atoms with Crippen LogP contribution in [0.3, 0.4) is 0 Å². The van der Waals surface area contributed by atoms with E-state index in [1.165, 1.54) is 4.31 Å². The van der Waals surface area contributed by atoms with Gasteiger partial charge in [0.25, 0.3) is 0 Å². The van der Waals surface area contributed by atoms with Gasteiger partial charge in [-0.15, -0.1) is 0 Å². The second-order valence-corrected chi connectivity index (χ2v) is 9.05. The number of nitrogens with zero attached hydrogens (tertiary/aromatic N) is 1. The maximum Gasteiger partial charge on any atom is 0.248 e. The number of amides is 1. The molecule has 0 aliphatic heterocycles. The van der Waals surface area contributed by atoms with Crippen LogP contribution >= 0.6 is 0 Å². The van der Waals surface area contributed by atoms with Gasteiger partial charge in [0.2, 0.25) is 15.9 Å². The summed E-state index contributed by atoms with van der Waals surface area (Å²) < 4.78 is 26.4. The van der Waals surface area contributed by atoms with Crippen LogP contribution in [-0.2, 0) is 14.8 Å². The third-order valence-corrected chi connectivity index (χ3v) is 5.46. The van der Waals surface area contributed by atoms with Crippen LogP contribution in [0, 0.1) is 27.7 Å². The summed E-state index contributed by atoms with van der Waals surface area (Å²) in [6.07, 6.45) is 1.49. The largest absolute Gasteiger partial charge is 0.324 e. The third-order valence-electron chi connectivity index (χ3n) is 4.28. The zero-order chi connectivity index (χ0) is 20.4. The first-order valence-corrected chi connectivity index (χ1v) is 10.8. The first-order valence-electron chi connectivity index (χ1n) is 8.98. The zero-order valence-corrected chi connectivity index (χ0v) is 17.6. The molecule has 1 amide bonds. The van der Waals surface area contributed by atoms with Gasteiger partial charge >= 0.3 is 0 Å². The van der Waals surface area contributed by atoms with Crippen LogP contribution in [0.15, 0.2) is 36.4 Å². The summed E-state index contributed by atoms with van der Waals surface area (Å²) >= 11 is 0. The van der Waals surface area contributed by atoms with Gasteiger partial charge < -0.3 is 5.32 Å². The number of carbonyl (C=O) groups is 1. The lowest BCUT2D eigenvalue weighted by Crippen LogP contribution is -2.47. The Hall–Kier alpha value is -2.34. The van der Waals surface area contributed by atoms with E-state index in [1.807, 2.05) is 58.9 Å². The van der Waals surface area contributed by atoms with E-state index in [0.717, 1.165) is 28.5 Å². The van der Waals surface area contributed by atoms with Gasteiger partial charge in [-0.25, -0.2) is 8.42 Å². The summed E-state index contributed by atoms with van der Waals surface area (Å²) in [5, 5.41) is 2.88. The molecule has 2 aromatic carbocycles. The van der Waals surface area contributed by atoms with Crippen molar-refractivity contribution in [3.8, 4) is 0 Å².